The highest BCUT2D eigenvalue weighted by Gasteiger charge is 2.13. The number of rotatable bonds is 8. The van der Waals surface area contributed by atoms with Crippen LogP contribution in [0.4, 0.5) is 5.69 Å². The van der Waals surface area contributed by atoms with E-state index in [2.05, 4.69) is 4.99 Å². The Morgan fingerprint density at radius 2 is 1.90 bits per heavy atom. The number of carbonyl (C=O) groups excluding carboxylic acids is 1. The maximum absolute atomic E-state index is 12.6. The largest absolute Gasteiger partial charge is 0.493 e. The van der Waals surface area contributed by atoms with Gasteiger partial charge < -0.3 is 18.8 Å². The molecule has 1 amide bonds. The summed E-state index contributed by atoms with van der Waals surface area (Å²) in [7, 11) is 4.66. The second-order valence-electron chi connectivity index (χ2n) is 6.31. The molecule has 3 rings (SSSR count). The van der Waals surface area contributed by atoms with E-state index in [0.29, 0.717) is 34.2 Å². The van der Waals surface area contributed by atoms with E-state index in [1.54, 1.807) is 38.5 Å². The average Bonchev–Trinajstić information content (AvgIpc) is 3.07. The van der Waals surface area contributed by atoms with Crippen molar-refractivity contribution in [1.29, 1.82) is 0 Å². The van der Waals surface area contributed by atoms with Crippen LogP contribution in [0.1, 0.15) is 5.56 Å². The third-order valence-corrected chi connectivity index (χ3v) is 5.46. The number of nitro benzene ring substituents is 1. The highest BCUT2D eigenvalue weighted by atomic mass is 32.1. The number of fused-ring (bicyclic) bond motifs is 1. The van der Waals surface area contributed by atoms with E-state index < -0.39 is 4.92 Å². The van der Waals surface area contributed by atoms with Crippen molar-refractivity contribution in [2.24, 2.45) is 4.99 Å². The smallest absolute Gasteiger partial charge is 0.270 e. The van der Waals surface area contributed by atoms with Crippen LogP contribution < -0.4 is 14.3 Å². The number of methoxy groups -OCH3 is 3. The van der Waals surface area contributed by atoms with Crippen molar-refractivity contribution in [3.05, 3.63) is 56.9 Å². The third-order valence-electron chi connectivity index (χ3n) is 4.42. The van der Waals surface area contributed by atoms with E-state index in [4.69, 9.17) is 14.2 Å². The van der Waals surface area contributed by atoms with Gasteiger partial charge >= 0.3 is 0 Å². The number of ether oxygens (including phenoxy) is 3. The molecule has 3 aromatic rings. The summed E-state index contributed by atoms with van der Waals surface area (Å²) in [6, 6.07) is 9.84. The van der Waals surface area contributed by atoms with Crippen molar-refractivity contribution in [1.82, 2.24) is 4.57 Å². The summed E-state index contributed by atoms with van der Waals surface area (Å²) in [5.41, 5.74) is 1.49. The number of benzene rings is 2. The van der Waals surface area contributed by atoms with E-state index in [9.17, 15) is 14.9 Å². The minimum absolute atomic E-state index is 0.00848. The lowest BCUT2D eigenvalue weighted by molar-refractivity contribution is -0.384. The second-order valence-corrected chi connectivity index (χ2v) is 7.32. The van der Waals surface area contributed by atoms with Gasteiger partial charge in [-0.15, -0.1) is 0 Å². The maximum Gasteiger partial charge on any atom is 0.270 e. The van der Waals surface area contributed by atoms with E-state index in [0.717, 1.165) is 11.1 Å². The fourth-order valence-electron chi connectivity index (χ4n) is 2.97. The molecule has 0 bridgehead atoms. The number of amides is 1. The Balaban J connectivity index is 1.97. The Kier molecular flexibility index (Phi) is 6.80. The van der Waals surface area contributed by atoms with Gasteiger partial charge in [0.2, 0.25) is 0 Å². The quantitative estimate of drug-likeness (QED) is 0.401. The van der Waals surface area contributed by atoms with Crippen LogP contribution in [-0.2, 0) is 22.5 Å². The molecule has 0 saturated carbocycles. The van der Waals surface area contributed by atoms with Crippen LogP contribution in [0.2, 0.25) is 0 Å². The molecule has 0 aliphatic rings. The molecular formula is C20H21N3O6S. The van der Waals surface area contributed by atoms with Crippen LogP contribution in [-0.4, -0.2) is 43.3 Å². The van der Waals surface area contributed by atoms with E-state index in [1.165, 1.54) is 30.6 Å². The van der Waals surface area contributed by atoms with E-state index in [1.807, 2.05) is 4.57 Å². The maximum atomic E-state index is 12.6. The van der Waals surface area contributed by atoms with Gasteiger partial charge in [-0.2, -0.15) is 4.99 Å². The minimum atomic E-state index is -0.447. The Bertz CT molecular complexity index is 1150. The number of nitrogens with zero attached hydrogens (tertiary/aromatic N) is 3. The molecule has 0 unspecified atom stereocenters. The topological polar surface area (TPSA) is 105 Å². The summed E-state index contributed by atoms with van der Waals surface area (Å²) >= 11 is 1.23. The van der Waals surface area contributed by atoms with Gasteiger partial charge in [0, 0.05) is 25.8 Å². The van der Waals surface area contributed by atoms with Crippen LogP contribution in [0, 0.1) is 10.1 Å². The van der Waals surface area contributed by atoms with Crippen molar-refractivity contribution < 1.29 is 23.9 Å². The second kappa shape index (κ2) is 9.51. The zero-order valence-electron chi connectivity index (χ0n) is 16.8. The van der Waals surface area contributed by atoms with Gasteiger partial charge in [0.1, 0.15) is 0 Å². The molecular weight excluding hydrogens is 410 g/mol. The summed E-state index contributed by atoms with van der Waals surface area (Å²) in [4.78, 5) is 28.0. The van der Waals surface area contributed by atoms with Crippen LogP contribution in [0.5, 0.6) is 11.5 Å². The molecule has 158 valence electrons. The minimum Gasteiger partial charge on any atom is -0.493 e. The Morgan fingerprint density at radius 1 is 1.13 bits per heavy atom. The van der Waals surface area contributed by atoms with Crippen LogP contribution >= 0.6 is 11.3 Å². The summed E-state index contributed by atoms with van der Waals surface area (Å²) in [5, 5.41) is 11.1. The lowest BCUT2D eigenvalue weighted by atomic mass is 10.1. The standard InChI is InChI=1S/C20H21N3O6S/c1-27-9-8-22-15-6-5-14(23(25)26)12-18(15)30-20(22)21-19(24)11-13-4-7-16(28-2)17(10-13)29-3/h4-7,10,12H,8-9,11H2,1-3H3. The first-order valence-corrected chi connectivity index (χ1v) is 9.83. The van der Waals surface area contributed by atoms with Crippen LogP contribution in [0.3, 0.4) is 0 Å². The van der Waals surface area contributed by atoms with Gasteiger partial charge in [-0.3, -0.25) is 14.9 Å². The monoisotopic (exact) mass is 431 g/mol. The molecule has 0 radical (unpaired) electrons. The molecule has 0 spiro atoms. The molecule has 9 nitrogen and oxygen atoms in total. The number of thiazole rings is 1. The SMILES string of the molecule is COCCn1c(=NC(=O)Cc2ccc(OC)c(OC)c2)sc2cc([N+](=O)[O-])ccc21. The van der Waals surface area contributed by atoms with E-state index in [-0.39, 0.29) is 18.0 Å². The molecule has 0 saturated heterocycles. The first-order chi connectivity index (χ1) is 14.5. The normalized spacial score (nSPS) is 11.6. The van der Waals surface area contributed by atoms with Crippen molar-refractivity contribution in [2.75, 3.05) is 27.9 Å². The fourth-order valence-corrected chi connectivity index (χ4v) is 4.08. The van der Waals surface area contributed by atoms with Gasteiger partial charge in [0.25, 0.3) is 11.6 Å². The first kappa shape index (κ1) is 21.5. The number of carbonyl (C=O) groups is 1. The van der Waals surface area contributed by atoms with Gasteiger partial charge in [-0.05, 0) is 23.8 Å². The van der Waals surface area contributed by atoms with Crippen molar-refractivity contribution in [2.45, 2.75) is 13.0 Å². The van der Waals surface area contributed by atoms with Gasteiger partial charge in [0.15, 0.2) is 16.3 Å². The van der Waals surface area contributed by atoms with Crippen molar-refractivity contribution in [3.8, 4) is 11.5 Å². The first-order valence-electron chi connectivity index (χ1n) is 9.02. The zero-order valence-corrected chi connectivity index (χ0v) is 17.6. The lowest BCUT2D eigenvalue weighted by Gasteiger charge is -2.08. The molecule has 0 N–H and O–H groups in total. The third kappa shape index (κ3) is 4.66. The Hall–Kier alpha value is -3.24. The summed E-state index contributed by atoms with van der Waals surface area (Å²) in [6.07, 6.45) is 0.0824. The Labute approximate surface area is 176 Å². The molecule has 1 heterocycles. The summed E-state index contributed by atoms with van der Waals surface area (Å²) < 4.78 is 18.1. The van der Waals surface area contributed by atoms with Crippen LogP contribution in [0.25, 0.3) is 10.2 Å². The van der Waals surface area contributed by atoms with Gasteiger partial charge in [-0.25, -0.2) is 0 Å². The highest BCUT2D eigenvalue weighted by molar-refractivity contribution is 7.16. The number of non-ortho nitro benzene ring substituents is 1. The summed E-state index contributed by atoms with van der Waals surface area (Å²) in [6.45, 7) is 0.886. The fraction of sp³-hybridized carbons (Fsp3) is 0.300. The predicted molar refractivity (Wildman–Crippen MR) is 112 cm³/mol. The molecule has 1 aromatic heterocycles. The zero-order chi connectivity index (χ0) is 21.7. The molecule has 30 heavy (non-hydrogen) atoms. The average molecular weight is 431 g/mol. The van der Waals surface area contributed by atoms with E-state index >= 15 is 0 Å². The molecule has 0 atom stereocenters. The molecule has 2 aromatic carbocycles. The predicted octanol–water partition coefficient (Wildman–Crippen LogP) is 2.94. The number of hydrogen-bond acceptors (Lipinski definition) is 7. The molecule has 10 heteroatoms. The van der Waals surface area contributed by atoms with Crippen molar-refractivity contribution in [3.63, 3.8) is 0 Å². The van der Waals surface area contributed by atoms with Crippen LogP contribution in [0.15, 0.2) is 41.4 Å². The molecule has 0 aliphatic heterocycles. The van der Waals surface area contributed by atoms with Crippen molar-refractivity contribution >= 4 is 33.1 Å². The Morgan fingerprint density at radius 3 is 2.57 bits per heavy atom. The molecule has 0 aliphatic carbocycles. The number of aromatic nitrogens is 1. The number of hydrogen-bond donors (Lipinski definition) is 0. The lowest BCUT2D eigenvalue weighted by Crippen LogP contribution is -2.19. The highest BCUT2D eigenvalue weighted by Crippen LogP contribution is 2.28. The molecule has 0 fully saturated rings. The number of nitro groups is 1. The van der Waals surface area contributed by atoms with Gasteiger partial charge in [-0.1, -0.05) is 17.4 Å². The van der Waals surface area contributed by atoms with Gasteiger partial charge in [0.05, 0.1) is 42.4 Å². The summed E-state index contributed by atoms with van der Waals surface area (Å²) in [5.74, 6) is 0.774.